The van der Waals surface area contributed by atoms with E-state index < -0.39 is 0 Å². The molecule has 1 aromatic rings. The molecule has 0 aromatic carbocycles. The lowest BCUT2D eigenvalue weighted by molar-refractivity contribution is -0.122. The predicted molar refractivity (Wildman–Crippen MR) is 53.8 cm³/mol. The van der Waals surface area contributed by atoms with Crippen LogP contribution >= 0.6 is 0 Å². The number of likely N-dealkylation sites (tertiary alicyclic amines) is 1. The molecule has 3 nitrogen and oxygen atoms in total. The van der Waals surface area contributed by atoms with Crippen molar-refractivity contribution in [2.45, 2.75) is 19.4 Å². The highest BCUT2D eigenvalue weighted by Gasteiger charge is 2.16. The van der Waals surface area contributed by atoms with Crippen LogP contribution in [0.2, 0.25) is 0 Å². The van der Waals surface area contributed by atoms with E-state index >= 15 is 0 Å². The molecule has 0 aliphatic carbocycles. The first-order chi connectivity index (χ1) is 6.84. The Bertz CT molecular complexity index is 310. The van der Waals surface area contributed by atoms with Crippen molar-refractivity contribution >= 4 is 5.78 Å². The third-order valence-corrected chi connectivity index (χ3v) is 2.46. The monoisotopic (exact) mass is 190 g/mol. The number of carbonyl (C=O) groups excluding carboxylic acids is 1. The van der Waals surface area contributed by atoms with Crippen molar-refractivity contribution < 1.29 is 4.79 Å². The topological polar surface area (TPSA) is 33.2 Å². The second kappa shape index (κ2) is 4.33. The van der Waals surface area contributed by atoms with Crippen LogP contribution in [0.15, 0.2) is 24.5 Å². The molecular formula is C11H14N2O. The van der Waals surface area contributed by atoms with Crippen molar-refractivity contribution in [3.63, 3.8) is 0 Å². The van der Waals surface area contributed by atoms with E-state index in [0.29, 0.717) is 12.3 Å². The first kappa shape index (κ1) is 9.34. The summed E-state index contributed by atoms with van der Waals surface area (Å²) < 4.78 is 0. The molecule has 74 valence electrons. The van der Waals surface area contributed by atoms with Gasteiger partial charge in [0.05, 0.1) is 6.54 Å². The van der Waals surface area contributed by atoms with E-state index in [1.807, 2.05) is 18.3 Å². The van der Waals surface area contributed by atoms with Crippen LogP contribution < -0.4 is 0 Å². The molecule has 0 unspecified atom stereocenters. The quantitative estimate of drug-likeness (QED) is 0.703. The molecule has 0 atom stereocenters. The maximum absolute atomic E-state index is 11.2. The molecule has 3 heteroatoms. The van der Waals surface area contributed by atoms with Crippen molar-refractivity contribution in [3.8, 4) is 0 Å². The molecule has 0 saturated carbocycles. The van der Waals surface area contributed by atoms with Crippen molar-refractivity contribution in [3.05, 3.63) is 30.1 Å². The summed E-state index contributed by atoms with van der Waals surface area (Å²) in [4.78, 5) is 17.4. The van der Waals surface area contributed by atoms with Crippen LogP contribution in [0.1, 0.15) is 18.4 Å². The number of carbonyl (C=O) groups is 1. The van der Waals surface area contributed by atoms with Crippen LogP contribution in [0.5, 0.6) is 0 Å². The SMILES string of the molecule is O=C1CCCN(Cc2cccnc2)C1. The Morgan fingerprint density at radius 2 is 2.43 bits per heavy atom. The molecule has 0 bridgehead atoms. The zero-order valence-corrected chi connectivity index (χ0v) is 8.15. The first-order valence-corrected chi connectivity index (χ1v) is 4.97. The van der Waals surface area contributed by atoms with E-state index in [4.69, 9.17) is 0 Å². The van der Waals surface area contributed by atoms with Crippen LogP contribution in [0, 0.1) is 0 Å². The second-order valence-corrected chi connectivity index (χ2v) is 3.71. The van der Waals surface area contributed by atoms with Crippen LogP contribution in [-0.4, -0.2) is 28.8 Å². The van der Waals surface area contributed by atoms with Gasteiger partial charge in [-0.05, 0) is 24.6 Å². The largest absolute Gasteiger partial charge is 0.298 e. The molecule has 2 rings (SSSR count). The number of Topliss-reactive ketones (excluding diaryl/α,β-unsaturated/α-hetero) is 1. The van der Waals surface area contributed by atoms with Gasteiger partial charge >= 0.3 is 0 Å². The van der Waals surface area contributed by atoms with Gasteiger partial charge in [-0.2, -0.15) is 0 Å². The Balaban J connectivity index is 1.94. The van der Waals surface area contributed by atoms with Gasteiger partial charge in [-0.1, -0.05) is 6.07 Å². The predicted octanol–water partition coefficient (Wildman–Crippen LogP) is 1.25. The fourth-order valence-electron chi connectivity index (χ4n) is 1.79. The lowest BCUT2D eigenvalue weighted by Crippen LogP contribution is -2.34. The summed E-state index contributed by atoms with van der Waals surface area (Å²) in [7, 11) is 0. The van der Waals surface area contributed by atoms with Gasteiger partial charge in [-0.15, -0.1) is 0 Å². The van der Waals surface area contributed by atoms with Gasteiger partial charge in [0, 0.05) is 25.4 Å². The van der Waals surface area contributed by atoms with Crippen molar-refractivity contribution in [2.75, 3.05) is 13.1 Å². The van der Waals surface area contributed by atoms with Crippen LogP contribution in [-0.2, 0) is 11.3 Å². The Morgan fingerprint density at radius 1 is 1.50 bits per heavy atom. The number of aromatic nitrogens is 1. The molecular weight excluding hydrogens is 176 g/mol. The maximum atomic E-state index is 11.2. The van der Waals surface area contributed by atoms with Gasteiger partial charge in [0.2, 0.25) is 0 Å². The van der Waals surface area contributed by atoms with E-state index in [9.17, 15) is 4.79 Å². The van der Waals surface area contributed by atoms with Crippen LogP contribution in [0.4, 0.5) is 0 Å². The highest BCUT2D eigenvalue weighted by Crippen LogP contribution is 2.09. The van der Waals surface area contributed by atoms with Gasteiger partial charge in [0.25, 0.3) is 0 Å². The Kier molecular flexibility index (Phi) is 2.89. The summed E-state index contributed by atoms with van der Waals surface area (Å²) >= 11 is 0. The van der Waals surface area contributed by atoms with Gasteiger partial charge < -0.3 is 0 Å². The summed E-state index contributed by atoms with van der Waals surface area (Å²) in [5.74, 6) is 0.361. The molecule has 1 aliphatic rings. The summed E-state index contributed by atoms with van der Waals surface area (Å²) in [5, 5.41) is 0. The minimum Gasteiger partial charge on any atom is -0.298 e. The second-order valence-electron chi connectivity index (χ2n) is 3.71. The molecule has 1 aliphatic heterocycles. The molecule has 0 amide bonds. The van der Waals surface area contributed by atoms with E-state index in [-0.39, 0.29) is 0 Å². The smallest absolute Gasteiger partial charge is 0.146 e. The molecule has 1 aromatic heterocycles. The van der Waals surface area contributed by atoms with E-state index in [0.717, 1.165) is 25.9 Å². The molecule has 0 spiro atoms. The molecule has 0 radical (unpaired) electrons. The minimum absolute atomic E-state index is 0.361. The third-order valence-electron chi connectivity index (χ3n) is 2.46. The van der Waals surface area contributed by atoms with Gasteiger partial charge in [-0.25, -0.2) is 0 Å². The van der Waals surface area contributed by atoms with Crippen molar-refractivity contribution in [1.82, 2.24) is 9.88 Å². The average Bonchev–Trinajstić information content (AvgIpc) is 2.19. The standard InChI is InChI=1S/C11H14N2O/c14-11-4-2-6-13(9-11)8-10-3-1-5-12-7-10/h1,3,5,7H,2,4,6,8-9H2. The minimum atomic E-state index is 0.361. The lowest BCUT2D eigenvalue weighted by Gasteiger charge is -2.25. The maximum Gasteiger partial charge on any atom is 0.146 e. The summed E-state index contributed by atoms with van der Waals surface area (Å²) in [6.45, 7) is 2.48. The van der Waals surface area contributed by atoms with E-state index in [2.05, 4.69) is 9.88 Å². The Hall–Kier alpha value is -1.22. The number of ketones is 1. The zero-order chi connectivity index (χ0) is 9.80. The Morgan fingerprint density at radius 3 is 3.14 bits per heavy atom. The molecule has 1 fully saturated rings. The molecule has 14 heavy (non-hydrogen) atoms. The molecule has 0 N–H and O–H groups in total. The summed E-state index contributed by atoms with van der Waals surface area (Å²) in [5.41, 5.74) is 1.18. The number of hydrogen-bond acceptors (Lipinski definition) is 3. The number of hydrogen-bond donors (Lipinski definition) is 0. The zero-order valence-electron chi connectivity index (χ0n) is 8.15. The highest BCUT2D eigenvalue weighted by atomic mass is 16.1. The van der Waals surface area contributed by atoms with Gasteiger partial charge in [-0.3, -0.25) is 14.7 Å². The Labute approximate surface area is 83.8 Å². The van der Waals surface area contributed by atoms with Gasteiger partial charge in [0.1, 0.15) is 5.78 Å². The number of pyridine rings is 1. The normalized spacial score (nSPS) is 18.4. The number of piperidine rings is 1. The van der Waals surface area contributed by atoms with Crippen LogP contribution in [0.3, 0.4) is 0 Å². The first-order valence-electron chi connectivity index (χ1n) is 4.97. The fraction of sp³-hybridized carbons (Fsp3) is 0.455. The average molecular weight is 190 g/mol. The summed E-state index contributed by atoms with van der Waals surface area (Å²) in [6.07, 6.45) is 5.38. The number of rotatable bonds is 2. The van der Waals surface area contributed by atoms with E-state index in [1.165, 1.54) is 5.56 Å². The third kappa shape index (κ3) is 2.39. The number of nitrogens with zero attached hydrogens (tertiary/aromatic N) is 2. The van der Waals surface area contributed by atoms with E-state index in [1.54, 1.807) is 6.20 Å². The van der Waals surface area contributed by atoms with Crippen molar-refractivity contribution in [1.29, 1.82) is 0 Å². The fourth-order valence-corrected chi connectivity index (χ4v) is 1.79. The highest BCUT2D eigenvalue weighted by molar-refractivity contribution is 5.81. The molecule has 2 heterocycles. The molecule has 1 saturated heterocycles. The van der Waals surface area contributed by atoms with Crippen LogP contribution in [0.25, 0.3) is 0 Å². The van der Waals surface area contributed by atoms with Crippen molar-refractivity contribution in [2.24, 2.45) is 0 Å². The lowest BCUT2D eigenvalue weighted by atomic mass is 10.1. The van der Waals surface area contributed by atoms with Gasteiger partial charge in [0.15, 0.2) is 0 Å². The summed E-state index contributed by atoms with van der Waals surface area (Å²) in [6, 6.07) is 3.98.